The summed E-state index contributed by atoms with van der Waals surface area (Å²) in [5, 5.41) is 5.23. The lowest BCUT2D eigenvalue weighted by Crippen LogP contribution is -2.03. The highest BCUT2D eigenvalue weighted by atomic mass is 19.3. The lowest BCUT2D eigenvalue weighted by molar-refractivity contribution is -0.0526. The Morgan fingerprint density at radius 1 is 1.18 bits per heavy atom. The number of pyridine rings is 1. The molecule has 8 heteroatoms. The average molecular weight is 301 g/mol. The number of aromatic nitrogens is 5. The smallest absolute Gasteiger partial charge is 0.388 e. The molecule has 6 nitrogen and oxygen atoms in total. The number of halogens is 2. The van der Waals surface area contributed by atoms with Gasteiger partial charge in [-0.05, 0) is 18.2 Å². The van der Waals surface area contributed by atoms with Gasteiger partial charge in [0, 0.05) is 35.6 Å². The van der Waals surface area contributed by atoms with Gasteiger partial charge in [0.1, 0.15) is 5.65 Å². The summed E-state index contributed by atoms with van der Waals surface area (Å²) in [5.74, 6) is -0.131. The molecule has 0 saturated heterocycles. The van der Waals surface area contributed by atoms with E-state index < -0.39 is 6.61 Å². The molecule has 4 aromatic rings. The Kier molecular flexibility index (Phi) is 2.75. The van der Waals surface area contributed by atoms with Gasteiger partial charge >= 0.3 is 6.61 Å². The van der Waals surface area contributed by atoms with Crippen LogP contribution in [0.3, 0.4) is 0 Å². The Morgan fingerprint density at radius 3 is 2.95 bits per heavy atom. The molecule has 1 N–H and O–H groups in total. The van der Waals surface area contributed by atoms with Crippen molar-refractivity contribution in [3.63, 3.8) is 0 Å². The van der Waals surface area contributed by atoms with E-state index in [1.165, 1.54) is 6.07 Å². The van der Waals surface area contributed by atoms with E-state index in [2.05, 4.69) is 24.8 Å². The fourth-order valence-corrected chi connectivity index (χ4v) is 2.31. The molecule has 4 heterocycles. The van der Waals surface area contributed by atoms with Crippen LogP contribution in [0.2, 0.25) is 0 Å². The standard InChI is InChI=1S/C14H9F2N5O/c15-14(16)22-12-4-1-8-9(7-18-13(8)19-12)10-2-3-11-17-5-6-21(11)20-10/h1-7,14H,(H,18,19). The Balaban J connectivity index is 1.81. The van der Waals surface area contributed by atoms with E-state index in [1.54, 1.807) is 29.2 Å². The highest BCUT2D eigenvalue weighted by Crippen LogP contribution is 2.28. The second kappa shape index (κ2) is 4.76. The van der Waals surface area contributed by atoms with Crippen molar-refractivity contribution >= 4 is 16.7 Å². The topological polar surface area (TPSA) is 68.1 Å². The Bertz CT molecular complexity index is 962. The number of fused-ring (bicyclic) bond motifs is 2. The van der Waals surface area contributed by atoms with Crippen molar-refractivity contribution < 1.29 is 13.5 Å². The zero-order valence-corrected chi connectivity index (χ0v) is 11.1. The predicted octanol–water partition coefficient (Wildman–Crippen LogP) is 2.87. The highest BCUT2D eigenvalue weighted by Gasteiger charge is 2.12. The van der Waals surface area contributed by atoms with E-state index in [9.17, 15) is 8.78 Å². The van der Waals surface area contributed by atoms with Crippen LogP contribution in [0.4, 0.5) is 8.78 Å². The number of rotatable bonds is 3. The summed E-state index contributed by atoms with van der Waals surface area (Å²) in [6.45, 7) is -2.90. The van der Waals surface area contributed by atoms with Crippen LogP contribution in [0.5, 0.6) is 5.88 Å². The fraction of sp³-hybridized carbons (Fsp3) is 0.0714. The summed E-state index contributed by atoms with van der Waals surface area (Å²) in [7, 11) is 0. The molecule has 0 saturated carbocycles. The number of imidazole rings is 1. The normalized spacial score (nSPS) is 11.6. The van der Waals surface area contributed by atoms with Crippen molar-refractivity contribution in [1.29, 1.82) is 0 Å². The molecule has 0 aliphatic carbocycles. The first-order valence-electron chi connectivity index (χ1n) is 6.44. The summed E-state index contributed by atoms with van der Waals surface area (Å²) < 4.78 is 30.4. The second-order valence-corrected chi connectivity index (χ2v) is 4.58. The van der Waals surface area contributed by atoms with Crippen molar-refractivity contribution in [2.45, 2.75) is 6.61 Å². The minimum absolute atomic E-state index is 0.131. The van der Waals surface area contributed by atoms with E-state index in [0.29, 0.717) is 5.65 Å². The Labute approximate surface area is 122 Å². The molecule has 0 amide bonds. The SMILES string of the molecule is FC(F)Oc1ccc2c(-c3ccc4nccn4n3)c[nH]c2n1. The summed E-state index contributed by atoms with van der Waals surface area (Å²) in [5.41, 5.74) is 2.75. The first-order chi connectivity index (χ1) is 10.7. The molecule has 4 aromatic heterocycles. The molecular weight excluding hydrogens is 292 g/mol. The molecule has 0 aromatic carbocycles. The van der Waals surface area contributed by atoms with Crippen LogP contribution in [0.1, 0.15) is 0 Å². The lowest BCUT2D eigenvalue weighted by atomic mass is 10.1. The number of nitrogens with zero attached hydrogens (tertiary/aromatic N) is 4. The van der Waals surface area contributed by atoms with Crippen LogP contribution in [0, 0.1) is 0 Å². The van der Waals surface area contributed by atoms with E-state index in [0.717, 1.165) is 22.3 Å². The molecule has 0 aliphatic heterocycles. The maximum Gasteiger partial charge on any atom is 0.388 e. The molecule has 0 unspecified atom stereocenters. The quantitative estimate of drug-likeness (QED) is 0.632. The van der Waals surface area contributed by atoms with Gasteiger partial charge in [0.25, 0.3) is 0 Å². The summed E-state index contributed by atoms with van der Waals surface area (Å²) in [6, 6.07) is 6.77. The van der Waals surface area contributed by atoms with Crippen molar-refractivity contribution in [3.05, 3.63) is 42.9 Å². The van der Waals surface area contributed by atoms with Crippen LogP contribution >= 0.6 is 0 Å². The molecule has 0 aliphatic rings. The van der Waals surface area contributed by atoms with Crippen molar-refractivity contribution in [2.75, 3.05) is 0 Å². The first-order valence-corrected chi connectivity index (χ1v) is 6.44. The van der Waals surface area contributed by atoms with Crippen molar-refractivity contribution in [2.24, 2.45) is 0 Å². The zero-order chi connectivity index (χ0) is 15.1. The number of hydrogen-bond donors (Lipinski definition) is 1. The third kappa shape index (κ3) is 2.05. The number of ether oxygens (including phenoxy) is 1. The molecular formula is C14H9F2N5O. The highest BCUT2D eigenvalue weighted by molar-refractivity contribution is 5.92. The van der Waals surface area contributed by atoms with Crippen LogP contribution in [-0.2, 0) is 0 Å². The van der Waals surface area contributed by atoms with Crippen molar-refractivity contribution in [3.8, 4) is 17.1 Å². The number of H-pyrrole nitrogens is 1. The molecule has 0 fully saturated rings. The molecule has 4 rings (SSSR count). The fourth-order valence-electron chi connectivity index (χ4n) is 2.31. The molecule has 0 radical (unpaired) electrons. The van der Waals surface area contributed by atoms with Crippen LogP contribution in [-0.4, -0.2) is 31.2 Å². The monoisotopic (exact) mass is 301 g/mol. The van der Waals surface area contributed by atoms with Crippen molar-refractivity contribution in [1.82, 2.24) is 24.6 Å². The molecule has 22 heavy (non-hydrogen) atoms. The number of hydrogen-bond acceptors (Lipinski definition) is 4. The Morgan fingerprint density at radius 2 is 2.09 bits per heavy atom. The average Bonchev–Trinajstić information content (AvgIpc) is 3.11. The van der Waals surface area contributed by atoms with Gasteiger partial charge in [0.15, 0.2) is 5.65 Å². The van der Waals surface area contributed by atoms with Gasteiger partial charge in [0.05, 0.1) is 5.69 Å². The number of alkyl halides is 2. The summed E-state index contributed by atoms with van der Waals surface area (Å²) in [6.07, 6.45) is 5.15. The van der Waals surface area contributed by atoms with Gasteiger partial charge in [-0.1, -0.05) is 0 Å². The van der Waals surface area contributed by atoms with Gasteiger partial charge < -0.3 is 9.72 Å². The first kappa shape index (κ1) is 12.7. The van der Waals surface area contributed by atoms with Gasteiger partial charge in [0.2, 0.25) is 5.88 Å². The predicted molar refractivity (Wildman–Crippen MR) is 74.7 cm³/mol. The maximum atomic E-state index is 12.2. The summed E-state index contributed by atoms with van der Waals surface area (Å²) in [4.78, 5) is 11.1. The number of nitrogens with one attached hydrogen (secondary N) is 1. The second-order valence-electron chi connectivity index (χ2n) is 4.58. The van der Waals surface area contributed by atoms with E-state index >= 15 is 0 Å². The minimum Gasteiger partial charge on any atom is -0.417 e. The van der Waals surface area contributed by atoms with Gasteiger partial charge in [-0.25, -0.2) is 9.50 Å². The van der Waals surface area contributed by atoms with Crippen LogP contribution in [0.25, 0.3) is 27.9 Å². The van der Waals surface area contributed by atoms with Crippen LogP contribution < -0.4 is 4.74 Å². The largest absolute Gasteiger partial charge is 0.417 e. The van der Waals surface area contributed by atoms with Gasteiger partial charge in [-0.2, -0.15) is 18.9 Å². The van der Waals surface area contributed by atoms with E-state index in [4.69, 9.17) is 0 Å². The number of aromatic amines is 1. The summed E-state index contributed by atoms with van der Waals surface area (Å²) >= 11 is 0. The molecule has 110 valence electrons. The molecule has 0 atom stereocenters. The van der Waals surface area contributed by atoms with Crippen LogP contribution in [0.15, 0.2) is 42.9 Å². The van der Waals surface area contributed by atoms with E-state index in [1.807, 2.05) is 12.1 Å². The molecule has 0 spiro atoms. The Hall–Kier alpha value is -3.03. The third-order valence-corrected chi connectivity index (χ3v) is 3.25. The van der Waals surface area contributed by atoms with E-state index in [-0.39, 0.29) is 5.88 Å². The maximum absolute atomic E-state index is 12.2. The molecule has 0 bridgehead atoms. The van der Waals surface area contributed by atoms with Gasteiger partial charge in [-0.3, -0.25) is 0 Å². The third-order valence-electron chi connectivity index (χ3n) is 3.25. The lowest BCUT2D eigenvalue weighted by Gasteiger charge is -2.03. The van der Waals surface area contributed by atoms with Gasteiger partial charge in [-0.15, -0.1) is 0 Å². The minimum atomic E-state index is -2.90. The zero-order valence-electron chi connectivity index (χ0n) is 11.1.